The molecule has 3 rings (SSSR count). The third-order valence-electron chi connectivity index (χ3n) is 5.46. The normalized spacial score (nSPS) is 11.6. The lowest BCUT2D eigenvalue weighted by molar-refractivity contribution is -0.139. The Morgan fingerprint density at radius 3 is 2.18 bits per heavy atom. The molecule has 1 N–H and O–H groups in total. The molecule has 3 aromatic rings. The first-order valence-corrected chi connectivity index (χ1v) is 13.1. The average molecular weight is 495 g/mol. The van der Waals surface area contributed by atoms with E-state index in [0.717, 1.165) is 23.1 Å². The maximum absolute atomic E-state index is 13.5. The van der Waals surface area contributed by atoms with Crippen LogP contribution in [0.25, 0.3) is 0 Å². The van der Waals surface area contributed by atoms with Crippen molar-refractivity contribution in [2.75, 3.05) is 12.3 Å². The van der Waals surface area contributed by atoms with Crippen molar-refractivity contribution in [3.05, 3.63) is 107 Å². The number of carbonyl (C=O) groups excluding carboxylic acids is 2. The summed E-state index contributed by atoms with van der Waals surface area (Å²) in [5, 5.41) is 3.70. The van der Waals surface area contributed by atoms with Gasteiger partial charge in [0.1, 0.15) is 6.04 Å². The highest BCUT2D eigenvalue weighted by atomic mass is 35.5. The highest BCUT2D eigenvalue weighted by Gasteiger charge is 2.30. The molecule has 0 unspecified atom stereocenters. The van der Waals surface area contributed by atoms with Gasteiger partial charge in [-0.25, -0.2) is 0 Å². The molecule has 0 saturated heterocycles. The van der Waals surface area contributed by atoms with Crippen LogP contribution in [0, 0.1) is 0 Å². The molecular weight excluding hydrogens is 464 g/mol. The van der Waals surface area contributed by atoms with Crippen LogP contribution in [0.4, 0.5) is 0 Å². The fraction of sp³-hybridized carbons (Fsp3) is 0.286. The zero-order valence-corrected chi connectivity index (χ0v) is 21.0. The monoisotopic (exact) mass is 494 g/mol. The minimum absolute atomic E-state index is 0.0616. The van der Waals surface area contributed by atoms with Crippen molar-refractivity contribution in [1.29, 1.82) is 0 Å². The molecule has 0 aromatic heterocycles. The van der Waals surface area contributed by atoms with Crippen molar-refractivity contribution in [1.82, 2.24) is 10.2 Å². The summed E-state index contributed by atoms with van der Waals surface area (Å²) in [4.78, 5) is 28.5. The summed E-state index contributed by atoms with van der Waals surface area (Å²) in [6.45, 7) is 2.98. The minimum atomic E-state index is -0.595. The van der Waals surface area contributed by atoms with Crippen LogP contribution in [0.1, 0.15) is 30.0 Å². The van der Waals surface area contributed by atoms with Crippen molar-refractivity contribution in [3.63, 3.8) is 0 Å². The number of benzene rings is 3. The lowest BCUT2D eigenvalue weighted by atomic mass is 10.0. The van der Waals surface area contributed by atoms with Gasteiger partial charge in [-0.05, 0) is 29.2 Å². The molecule has 4 nitrogen and oxygen atoms in total. The first-order valence-electron chi connectivity index (χ1n) is 11.5. The van der Waals surface area contributed by atoms with E-state index in [4.69, 9.17) is 11.6 Å². The Morgan fingerprint density at radius 2 is 1.53 bits per heavy atom. The fourth-order valence-electron chi connectivity index (χ4n) is 3.65. The van der Waals surface area contributed by atoms with Gasteiger partial charge >= 0.3 is 0 Å². The topological polar surface area (TPSA) is 49.4 Å². The second-order valence-electron chi connectivity index (χ2n) is 8.09. The predicted octanol–water partition coefficient (Wildman–Crippen LogP) is 5.74. The Morgan fingerprint density at radius 1 is 0.912 bits per heavy atom. The third kappa shape index (κ3) is 7.93. The van der Waals surface area contributed by atoms with Gasteiger partial charge in [-0.15, -0.1) is 11.8 Å². The molecule has 1 atom stereocenters. The molecule has 0 fully saturated rings. The van der Waals surface area contributed by atoms with Gasteiger partial charge in [-0.2, -0.15) is 0 Å². The Hall–Kier alpha value is -2.76. The second-order valence-corrected chi connectivity index (χ2v) is 9.48. The van der Waals surface area contributed by atoms with E-state index < -0.39 is 6.04 Å². The number of carbonyl (C=O) groups is 2. The van der Waals surface area contributed by atoms with Gasteiger partial charge in [0.25, 0.3) is 0 Å². The molecule has 0 bridgehead atoms. The molecule has 6 heteroatoms. The van der Waals surface area contributed by atoms with Crippen molar-refractivity contribution in [3.8, 4) is 0 Å². The van der Waals surface area contributed by atoms with Crippen LogP contribution in [0.3, 0.4) is 0 Å². The van der Waals surface area contributed by atoms with Crippen LogP contribution in [-0.2, 0) is 28.3 Å². The highest BCUT2D eigenvalue weighted by molar-refractivity contribution is 7.99. The Balaban J connectivity index is 1.81. The van der Waals surface area contributed by atoms with E-state index in [-0.39, 0.29) is 17.6 Å². The molecule has 0 radical (unpaired) electrons. The zero-order chi connectivity index (χ0) is 24.2. The zero-order valence-electron chi connectivity index (χ0n) is 19.5. The van der Waals surface area contributed by atoms with Gasteiger partial charge in [0.05, 0.1) is 5.75 Å². The Bertz CT molecular complexity index is 1050. The van der Waals surface area contributed by atoms with Gasteiger partial charge in [0.2, 0.25) is 11.8 Å². The quantitative estimate of drug-likeness (QED) is 0.349. The first kappa shape index (κ1) is 25.9. The number of amides is 2. The number of nitrogens with zero attached hydrogens (tertiary/aromatic N) is 1. The van der Waals surface area contributed by atoms with Gasteiger partial charge in [-0.1, -0.05) is 97.4 Å². The van der Waals surface area contributed by atoms with Crippen LogP contribution < -0.4 is 5.32 Å². The summed E-state index contributed by atoms with van der Waals surface area (Å²) >= 11 is 7.79. The second kappa shape index (κ2) is 13.8. The average Bonchev–Trinajstić information content (AvgIpc) is 2.87. The van der Waals surface area contributed by atoms with Gasteiger partial charge in [0, 0.05) is 30.3 Å². The fourth-order valence-corrected chi connectivity index (χ4v) is 4.84. The molecule has 0 saturated carbocycles. The van der Waals surface area contributed by atoms with Crippen molar-refractivity contribution in [2.45, 2.75) is 38.1 Å². The van der Waals surface area contributed by atoms with Crippen molar-refractivity contribution < 1.29 is 9.59 Å². The van der Waals surface area contributed by atoms with Gasteiger partial charge in [-0.3, -0.25) is 9.59 Å². The lowest BCUT2D eigenvalue weighted by Gasteiger charge is -2.31. The van der Waals surface area contributed by atoms with E-state index in [2.05, 4.69) is 5.32 Å². The summed E-state index contributed by atoms with van der Waals surface area (Å²) in [7, 11) is 0. The number of thioether (sulfide) groups is 1. The molecular formula is C28H31ClN2O2S. The molecule has 178 valence electrons. The minimum Gasteiger partial charge on any atom is -0.354 e. The molecule has 0 aliphatic heterocycles. The van der Waals surface area contributed by atoms with Crippen LogP contribution in [0.2, 0.25) is 5.02 Å². The van der Waals surface area contributed by atoms with Gasteiger partial charge in [0.15, 0.2) is 0 Å². The van der Waals surface area contributed by atoms with E-state index in [1.54, 1.807) is 4.90 Å². The SMILES string of the molecule is CCCNC(=O)[C@@H](Cc1ccccc1)N(Cc1ccccc1)C(=O)CSCc1ccccc1Cl. The Kier molecular flexibility index (Phi) is 10.5. The standard InChI is InChI=1S/C28H31ClN2O2S/c1-2-17-30-28(33)26(18-22-11-5-3-6-12-22)31(19-23-13-7-4-8-14-23)27(32)21-34-20-24-15-9-10-16-25(24)29/h3-16,26H,2,17-21H2,1H3,(H,30,33)/t26-/m1/s1. The lowest BCUT2D eigenvalue weighted by Crippen LogP contribution is -2.51. The first-order chi connectivity index (χ1) is 16.6. The number of hydrogen-bond acceptors (Lipinski definition) is 3. The van der Waals surface area contributed by atoms with E-state index in [1.807, 2.05) is 91.9 Å². The van der Waals surface area contributed by atoms with Gasteiger partial charge < -0.3 is 10.2 Å². The maximum Gasteiger partial charge on any atom is 0.243 e. The van der Waals surface area contributed by atoms with Crippen molar-refractivity contribution in [2.24, 2.45) is 0 Å². The molecule has 0 aliphatic carbocycles. The highest BCUT2D eigenvalue weighted by Crippen LogP contribution is 2.22. The summed E-state index contributed by atoms with van der Waals surface area (Å²) in [5.74, 6) is 0.722. The van der Waals surface area contributed by atoms with E-state index >= 15 is 0 Å². The summed E-state index contributed by atoms with van der Waals surface area (Å²) in [6, 6.07) is 26.8. The number of rotatable bonds is 12. The van der Waals surface area contributed by atoms with E-state index in [0.29, 0.717) is 30.3 Å². The number of halogens is 1. The number of hydrogen-bond donors (Lipinski definition) is 1. The van der Waals surface area contributed by atoms with Crippen molar-refractivity contribution >= 4 is 35.2 Å². The summed E-state index contributed by atoms with van der Waals surface area (Å²) in [5.41, 5.74) is 3.01. The van der Waals surface area contributed by atoms with Crippen LogP contribution in [0.15, 0.2) is 84.9 Å². The molecule has 3 aromatic carbocycles. The summed E-state index contributed by atoms with van der Waals surface area (Å²) in [6.07, 6.45) is 1.30. The molecule has 0 aliphatic rings. The molecule has 0 heterocycles. The molecule has 0 spiro atoms. The smallest absolute Gasteiger partial charge is 0.243 e. The molecule has 2 amide bonds. The third-order valence-corrected chi connectivity index (χ3v) is 6.79. The number of nitrogens with one attached hydrogen (secondary N) is 1. The summed E-state index contributed by atoms with van der Waals surface area (Å²) < 4.78 is 0. The Labute approximate surface area is 211 Å². The van der Waals surface area contributed by atoms with Crippen LogP contribution in [-0.4, -0.2) is 35.1 Å². The van der Waals surface area contributed by atoms with E-state index in [1.165, 1.54) is 11.8 Å². The predicted molar refractivity (Wildman–Crippen MR) is 142 cm³/mol. The van der Waals surface area contributed by atoms with E-state index in [9.17, 15) is 9.59 Å². The van der Waals surface area contributed by atoms with Crippen LogP contribution in [0.5, 0.6) is 0 Å². The molecule has 34 heavy (non-hydrogen) atoms. The largest absolute Gasteiger partial charge is 0.354 e. The van der Waals surface area contributed by atoms with Crippen LogP contribution >= 0.6 is 23.4 Å². The maximum atomic E-state index is 13.5.